The maximum Gasteiger partial charge on any atom is 0.0799 e. The van der Waals surface area contributed by atoms with Crippen LogP contribution in [-0.2, 0) is 4.74 Å². The Balaban J connectivity index is 2.93. The highest BCUT2D eigenvalue weighted by molar-refractivity contribution is 6.18. The number of rotatable bonds is 12. The average Bonchev–Trinajstić information content (AvgIpc) is 2.31. The molecule has 0 radical (unpaired) electrons. The zero-order valence-electron chi connectivity index (χ0n) is 9.96. The molecule has 0 spiro atoms. The highest BCUT2D eigenvalue weighted by Crippen LogP contribution is 1.92. The van der Waals surface area contributed by atoms with Crippen LogP contribution in [0.3, 0.4) is 0 Å². The van der Waals surface area contributed by atoms with Crippen LogP contribution >= 0.6 is 11.6 Å². The summed E-state index contributed by atoms with van der Waals surface area (Å²) >= 11 is 5.46. The third kappa shape index (κ3) is 12.2. The van der Waals surface area contributed by atoms with E-state index in [1.807, 2.05) is 0 Å². The molecule has 0 aromatic carbocycles. The van der Waals surface area contributed by atoms with Crippen molar-refractivity contribution in [2.24, 2.45) is 5.73 Å². The van der Waals surface area contributed by atoms with E-state index >= 15 is 0 Å². The minimum Gasteiger partial charge on any atom is -0.391 e. The van der Waals surface area contributed by atoms with Crippen molar-refractivity contribution < 1.29 is 9.84 Å². The fraction of sp³-hybridized carbons (Fsp3) is 1.00. The molecule has 0 fully saturated rings. The molecule has 0 saturated carbocycles. The summed E-state index contributed by atoms with van der Waals surface area (Å²) in [6.45, 7) is 3.84. The van der Waals surface area contributed by atoms with Crippen molar-refractivity contribution in [2.45, 2.75) is 31.8 Å². The van der Waals surface area contributed by atoms with E-state index in [0.29, 0.717) is 6.54 Å². The van der Waals surface area contributed by atoms with Crippen molar-refractivity contribution in [3.8, 4) is 0 Å². The van der Waals surface area contributed by atoms with Crippen molar-refractivity contribution >= 4 is 11.6 Å². The Hall–Kier alpha value is 0.130. The Kier molecular flexibility index (Phi) is 13.3. The first-order chi connectivity index (χ1) is 7.81. The quantitative estimate of drug-likeness (QED) is 0.354. The standard InChI is InChI=1S/C11H25ClN2O2/c12-9-11(15)10-14-6-2-4-8-16-7-3-1-5-13/h11,14-15H,1-10,13H2. The van der Waals surface area contributed by atoms with Gasteiger partial charge in [0.2, 0.25) is 0 Å². The lowest BCUT2D eigenvalue weighted by molar-refractivity contribution is 0.126. The molecule has 0 aliphatic rings. The smallest absolute Gasteiger partial charge is 0.0799 e. The molecule has 4 N–H and O–H groups in total. The van der Waals surface area contributed by atoms with Crippen molar-refractivity contribution in [3.63, 3.8) is 0 Å². The number of hydrogen-bond donors (Lipinski definition) is 3. The fourth-order valence-corrected chi connectivity index (χ4v) is 1.34. The number of ether oxygens (including phenoxy) is 1. The zero-order chi connectivity index (χ0) is 12.1. The number of nitrogens with one attached hydrogen (secondary N) is 1. The summed E-state index contributed by atoms with van der Waals surface area (Å²) in [5.41, 5.74) is 5.37. The van der Waals surface area contributed by atoms with Crippen LogP contribution in [0.2, 0.25) is 0 Å². The van der Waals surface area contributed by atoms with E-state index in [9.17, 15) is 0 Å². The lowest BCUT2D eigenvalue weighted by atomic mass is 10.3. The molecule has 0 saturated heterocycles. The van der Waals surface area contributed by atoms with Crippen LogP contribution in [0, 0.1) is 0 Å². The average molecular weight is 253 g/mol. The first-order valence-electron chi connectivity index (χ1n) is 6.03. The summed E-state index contributed by atoms with van der Waals surface area (Å²) in [5.74, 6) is 0.289. The first kappa shape index (κ1) is 16.1. The van der Waals surface area contributed by atoms with Gasteiger partial charge in [-0.05, 0) is 38.8 Å². The number of nitrogens with two attached hydrogens (primary N) is 1. The first-order valence-corrected chi connectivity index (χ1v) is 6.57. The predicted molar refractivity (Wildman–Crippen MR) is 67.9 cm³/mol. The van der Waals surface area contributed by atoms with E-state index in [1.165, 1.54) is 0 Å². The molecule has 0 bridgehead atoms. The van der Waals surface area contributed by atoms with E-state index in [2.05, 4.69) is 5.32 Å². The van der Waals surface area contributed by atoms with Crippen LogP contribution in [0.1, 0.15) is 25.7 Å². The summed E-state index contributed by atoms with van der Waals surface area (Å²) in [4.78, 5) is 0. The van der Waals surface area contributed by atoms with E-state index in [4.69, 9.17) is 27.2 Å². The molecular weight excluding hydrogens is 228 g/mol. The van der Waals surface area contributed by atoms with E-state index in [1.54, 1.807) is 0 Å². The number of alkyl halides is 1. The largest absolute Gasteiger partial charge is 0.391 e. The summed E-state index contributed by atoms with van der Waals surface area (Å²) < 4.78 is 5.43. The molecular formula is C11H25ClN2O2. The van der Waals surface area contributed by atoms with Gasteiger partial charge >= 0.3 is 0 Å². The van der Waals surface area contributed by atoms with E-state index in [0.717, 1.165) is 52.0 Å². The van der Waals surface area contributed by atoms with Gasteiger partial charge in [-0.3, -0.25) is 0 Å². The lowest BCUT2D eigenvalue weighted by Gasteiger charge is -2.08. The normalized spacial score (nSPS) is 12.9. The van der Waals surface area contributed by atoms with Crippen molar-refractivity contribution in [1.29, 1.82) is 0 Å². The summed E-state index contributed by atoms with van der Waals surface area (Å²) in [5, 5.41) is 12.3. The van der Waals surface area contributed by atoms with Gasteiger partial charge in [-0.25, -0.2) is 0 Å². The van der Waals surface area contributed by atoms with Crippen LogP contribution in [0.4, 0.5) is 0 Å². The molecule has 1 unspecified atom stereocenters. The van der Waals surface area contributed by atoms with Crippen LogP contribution < -0.4 is 11.1 Å². The number of unbranched alkanes of at least 4 members (excludes halogenated alkanes) is 2. The van der Waals surface area contributed by atoms with Gasteiger partial charge in [0.1, 0.15) is 0 Å². The minimum atomic E-state index is -0.436. The number of halogens is 1. The summed E-state index contributed by atoms with van der Waals surface area (Å²) in [6.07, 6.45) is 3.77. The maximum absolute atomic E-state index is 9.15. The van der Waals surface area contributed by atoms with Gasteiger partial charge in [-0.1, -0.05) is 0 Å². The van der Waals surface area contributed by atoms with Gasteiger partial charge in [0, 0.05) is 25.6 Å². The molecule has 0 amide bonds. The molecule has 0 aromatic rings. The Labute approximate surface area is 103 Å². The Morgan fingerprint density at radius 2 is 1.88 bits per heavy atom. The Morgan fingerprint density at radius 1 is 1.19 bits per heavy atom. The Bertz CT molecular complexity index is 139. The molecule has 1 atom stereocenters. The molecule has 0 aliphatic heterocycles. The van der Waals surface area contributed by atoms with Crippen LogP contribution in [0.15, 0.2) is 0 Å². The second-order valence-corrected chi connectivity index (χ2v) is 4.14. The monoisotopic (exact) mass is 252 g/mol. The van der Waals surface area contributed by atoms with Gasteiger partial charge < -0.3 is 20.9 Å². The predicted octanol–water partition coefficient (Wildman–Crippen LogP) is 0.711. The maximum atomic E-state index is 9.15. The molecule has 98 valence electrons. The molecule has 0 aliphatic carbocycles. The highest BCUT2D eigenvalue weighted by Gasteiger charge is 1.99. The molecule has 5 heteroatoms. The molecule has 0 rings (SSSR count). The Morgan fingerprint density at radius 3 is 2.50 bits per heavy atom. The SMILES string of the molecule is NCCCCOCCCCNCC(O)CCl. The topological polar surface area (TPSA) is 67.5 Å². The van der Waals surface area contributed by atoms with Crippen molar-refractivity contribution in [3.05, 3.63) is 0 Å². The number of hydrogen-bond acceptors (Lipinski definition) is 4. The second-order valence-electron chi connectivity index (χ2n) is 3.83. The van der Waals surface area contributed by atoms with E-state index in [-0.39, 0.29) is 5.88 Å². The van der Waals surface area contributed by atoms with Gasteiger partial charge in [0.05, 0.1) is 6.10 Å². The summed E-state index contributed by atoms with van der Waals surface area (Å²) in [7, 11) is 0. The van der Waals surface area contributed by atoms with Gasteiger partial charge in [0.15, 0.2) is 0 Å². The third-order valence-corrected chi connectivity index (χ3v) is 2.55. The molecule has 4 nitrogen and oxygen atoms in total. The fourth-order valence-electron chi connectivity index (χ4n) is 1.23. The van der Waals surface area contributed by atoms with Crippen LogP contribution in [0.5, 0.6) is 0 Å². The van der Waals surface area contributed by atoms with Gasteiger partial charge in [-0.15, -0.1) is 11.6 Å². The second kappa shape index (κ2) is 13.2. The molecule has 16 heavy (non-hydrogen) atoms. The van der Waals surface area contributed by atoms with Crippen LogP contribution in [0.25, 0.3) is 0 Å². The van der Waals surface area contributed by atoms with Gasteiger partial charge in [0.25, 0.3) is 0 Å². The third-order valence-electron chi connectivity index (χ3n) is 2.19. The van der Waals surface area contributed by atoms with Crippen LogP contribution in [-0.4, -0.2) is 49.9 Å². The lowest BCUT2D eigenvalue weighted by Crippen LogP contribution is -2.28. The molecule has 0 aromatic heterocycles. The summed E-state index contributed by atoms with van der Waals surface area (Å²) in [6, 6.07) is 0. The zero-order valence-corrected chi connectivity index (χ0v) is 10.7. The number of aliphatic hydroxyl groups is 1. The number of aliphatic hydroxyl groups excluding tert-OH is 1. The molecule has 0 heterocycles. The van der Waals surface area contributed by atoms with Gasteiger partial charge in [-0.2, -0.15) is 0 Å². The van der Waals surface area contributed by atoms with Crippen molar-refractivity contribution in [1.82, 2.24) is 5.32 Å². The van der Waals surface area contributed by atoms with Crippen molar-refractivity contribution in [2.75, 3.05) is 38.7 Å². The van der Waals surface area contributed by atoms with E-state index < -0.39 is 6.10 Å². The minimum absolute atomic E-state index is 0.289. The highest BCUT2D eigenvalue weighted by atomic mass is 35.5.